The van der Waals surface area contributed by atoms with Crippen LogP contribution < -0.4 is 4.72 Å². The van der Waals surface area contributed by atoms with E-state index in [2.05, 4.69) is 10.1 Å². The van der Waals surface area contributed by atoms with E-state index in [1.165, 1.54) is 16.9 Å². The highest BCUT2D eigenvalue weighted by Gasteiger charge is 2.21. The molecule has 0 aliphatic carbocycles. The molecule has 0 bridgehead atoms. The van der Waals surface area contributed by atoms with Gasteiger partial charge in [-0.2, -0.15) is 5.10 Å². The van der Waals surface area contributed by atoms with E-state index in [1.54, 1.807) is 4.72 Å². The van der Waals surface area contributed by atoms with Crippen LogP contribution in [-0.2, 0) is 10.0 Å². The van der Waals surface area contributed by atoms with Crippen molar-refractivity contribution >= 4 is 61.8 Å². The number of aromatic nitrogens is 3. The van der Waals surface area contributed by atoms with Crippen LogP contribution in [0.5, 0.6) is 0 Å². The molecule has 0 aliphatic rings. The number of rotatable bonds is 3. The van der Waals surface area contributed by atoms with Crippen LogP contribution in [0, 0.1) is 5.82 Å². The van der Waals surface area contributed by atoms with Crippen LogP contribution in [0.1, 0.15) is 10.4 Å². The smallest absolute Gasteiger partial charge is 0.267 e. The topological polar surface area (TPSA) is 94.0 Å². The molecular weight excluding hydrogens is 430 g/mol. The minimum absolute atomic E-state index is 0.0618. The average molecular weight is 438 g/mol. The lowest BCUT2D eigenvalue weighted by atomic mass is 10.2. The highest BCUT2D eigenvalue weighted by Crippen LogP contribution is 2.30. The number of hydrogen-bond donors (Lipinski definition) is 1. The summed E-state index contributed by atoms with van der Waals surface area (Å²) in [7, 11) is -3.86. The summed E-state index contributed by atoms with van der Waals surface area (Å²) in [6.07, 6.45) is 2.13. The van der Waals surface area contributed by atoms with Gasteiger partial charge in [0.2, 0.25) is 10.0 Å². The van der Waals surface area contributed by atoms with E-state index >= 15 is 0 Å². The minimum atomic E-state index is -3.86. The fourth-order valence-electron chi connectivity index (χ4n) is 2.21. The third-order valence-electron chi connectivity index (χ3n) is 3.23. The van der Waals surface area contributed by atoms with Gasteiger partial charge in [0, 0.05) is 12.3 Å². The highest BCUT2D eigenvalue weighted by molar-refractivity contribution is 7.89. The Hall–Kier alpha value is -1.94. The average Bonchev–Trinajstić information content (AvgIpc) is 2.84. The number of carbonyl (C=O) groups excluding carboxylic acids is 1. The van der Waals surface area contributed by atoms with E-state index in [-0.39, 0.29) is 21.5 Å². The molecule has 0 radical (unpaired) electrons. The molecule has 0 unspecified atom stereocenters. The van der Waals surface area contributed by atoms with Gasteiger partial charge in [0.1, 0.15) is 5.82 Å². The summed E-state index contributed by atoms with van der Waals surface area (Å²) in [5.74, 6) is -2.15. The second-order valence-electron chi connectivity index (χ2n) is 5.21. The fourth-order valence-corrected chi connectivity index (χ4v) is 3.27. The van der Waals surface area contributed by atoms with Crippen LogP contribution in [0.3, 0.4) is 0 Å². The molecule has 0 saturated heterocycles. The van der Waals surface area contributed by atoms with Crippen LogP contribution in [0.15, 0.2) is 24.4 Å². The van der Waals surface area contributed by atoms with E-state index in [0.717, 1.165) is 18.4 Å². The molecule has 136 valence electrons. The quantitative estimate of drug-likeness (QED) is 0.679. The van der Waals surface area contributed by atoms with Crippen molar-refractivity contribution in [1.82, 2.24) is 19.5 Å². The van der Waals surface area contributed by atoms with Gasteiger partial charge in [-0.05, 0) is 12.1 Å². The molecule has 1 N–H and O–H groups in total. The number of pyridine rings is 1. The number of benzene rings is 1. The molecule has 1 aromatic carbocycles. The molecule has 0 fully saturated rings. The summed E-state index contributed by atoms with van der Waals surface area (Å²) in [6, 6.07) is 3.45. The summed E-state index contributed by atoms with van der Waals surface area (Å²) < 4.78 is 39.5. The molecule has 2 aromatic heterocycles. The second kappa shape index (κ2) is 6.66. The van der Waals surface area contributed by atoms with Crippen LogP contribution >= 0.6 is 34.8 Å². The standard InChI is InChI=1S/C14H8Cl3FN4O3S/c1-26(24,25)21-14(23)7-3-9(16)11(4-10(7)18)22-13-8(12(17)20-22)2-6(15)5-19-13/h2-5H,1H3,(H,21,23). The first-order chi connectivity index (χ1) is 12.1. The Bertz CT molecular complexity index is 1160. The Kier molecular flexibility index (Phi) is 4.82. The van der Waals surface area contributed by atoms with Crippen molar-refractivity contribution in [2.24, 2.45) is 0 Å². The van der Waals surface area contributed by atoms with E-state index < -0.39 is 27.3 Å². The molecule has 0 spiro atoms. The first-order valence-electron chi connectivity index (χ1n) is 6.78. The predicted octanol–water partition coefficient (Wildman–Crippen LogP) is 3.21. The Morgan fingerprint density at radius 1 is 1.23 bits per heavy atom. The number of sulfonamides is 1. The number of fused-ring (bicyclic) bond motifs is 1. The maximum absolute atomic E-state index is 14.4. The number of hydrogen-bond acceptors (Lipinski definition) is 5. The molecule has 26 heavy (non-hydrogen) atoms. The maximum Gasteiger partial charge on any atom is 0.267 e. The van der Waals surface area contributed by atoms with E-state index in [9.17, 15) is 17.6 Å². The Morgan fingerprint density at radius 2 is 1.92 bits per heavy atom. The van der Waals surface area contributed by atoms with Crippen molar-refractivity contribution in [3.05, 3.63) is 51.0 Å². The van der Waals surface area contributed by atoms with Crippen molar-refractivity contribution in [2.75, 3.05) is 6.26 Å². The SMILES string of the molecule is CS(=O)(=O)NC(=O)c1cc(Cl)c(-n2nc(Cl)c3cc(Cl)cnc32)cc1F. The van der Waals surface area contributed by atoms with Crippen molar-refractivity contribution in [2.45, 2.75) is 0 Å². The van der Waals surface area contributed by atoms with E-state index in [1.807, 2.05) is 0 Å². The Morgan fingerprint density at radius 3 is 2.58 bits per heavy atom. The predicted molar refractivity (Wildman–Crippen MR) is 96.2 cm³/mol. The molecule has 3 aromatic rings. The molecule has 2 heterocycles. The van der Waals surface area contributed by atoms with Crippen LogP contribution in [0.2, 0.25) is 15.2 Å². The lowest BCUT2D eigenvalue weighted by molar-refractivity contribution is 0.0978. The first kappa shape index (κ1) is 18.8. The minimum Gasteiger partial charge on any atom is -0.268 e. The van der Waals surface area contributed by atoms with Gasteiger partial charge in [0.15, 0.2) is 10.8 Å². The Balaban J connectivity index is 2.14. The van der Waals surface area contributed by atoms with Gasteiger partial charge in [0.05, 0.1) is 32.9 Å². The lowest BCUT2D eigenvalue weighted by Gasteiger charge is -2.09. The van der Waals surface area contributed by atoms with E-state index in [0.29, 0.717) is 10.4 Å². The zero-order valence-electron chi connectivity index (χ0n) is 12.8. The Labute approximate surface area is 161 Å². The van der Waals surface area contributed by atoms with Crippen molar-refractivity contribution in [3.63, 3.8) is 0 Å². The van der Waals surface area contributed by atoms with Gasteiger partial charge < -0.3 is 0 Å². The van der Waals surface area contributed by atoms with Gasteiger partial charge >= 0.3 is 0 Å². The number of amides is 1. The van der Waals surface area contributed by atoms with Crippen molar-refractivity contribution < 1.29 is 17.6 Å². The highest BCUT2D eigenvalue weighted by atomic mass is 35.5. The van der Waals surface area contributed by atoms with Crippen LogP contribution in [0.4, 0.5) is 4.39 Å². The maximum atomic E-state index is 14.4. The molecular formula is C14H8Cl3FN4O3S. The van der Waals surface area contributed by atoms with Crippen LogP contribution in [0.25, 0.3) is 16.7 Å². The van der Waals surface area contributed by atoms with Crippen LogP contribution in [-0.4, -0.2) is 35.3 Å². The van der Waals surface area contributed by atoms with Gasteiger partial charge in [-0.25, -0.2) is 27.2 Å². The summed E-state index contributed by atoms with van der Waals surface area (Å²) in [5.41, 5.74) is -0.205. The monoisotopic (exact) mass is 436 g/mol. The van der Waals surface area contributed by atoms with Crippen molar-refractivity contribution in [3.8, 4) is 5.69 Å². The van der Waals surface area contributed by atoms with Gasteiger partial charge in [-0.15, -0.1) is 0 Å². The number of nitrogens with zero attached hydrogens (tertiary/aromatic N) is 3. The second-order valence-corrected chi connectivity index (χ2v) is 8.16. The van der Waals surface area contributed by atoms with Gasteiger partial charge in [0.25, 0.3) is 5.91 Å². The summed E-state index contributed by atoms with van der Waals surface area (Å²) >= 11 is 18.1. The zero-order chi connectivity index (χ0) is 19.2. The van der Waals surface area contributed by atoms with Gasteiger partial charge in [-0.1, -0.05) is 34.8 Å². The van der Waals surface area contributed by atoms with Gasteiger partial charge in [-0.3, -0.25) is 4.79 Å². The lowest BCUT2D eigenvalue weighted by Crippen LogP contribution is -2.30. The number of carbonyl (C=O) groups is 1. The number of nitrogens with one attached hydrogen (secondary N) is 1. The molecule has 0 saturated carbocycles. The summed E-state index contributed by atoms with van der Waals surface area (Å²) in [5, 5.41) is 4.82. The fraction of sp³-hybridized carbons (Fsp3) is 0.0714. The van der Waals surface area contributed by atoms with Crippen molar-refractivity contribution in [1.29, 1.82) is 0 Å². The molecule has 7 nitrogen and oxygen atoms in total. The summed E-state index contributed by atoms with van der Waals surface area (Å²) in [4.78, 5) is 16.0. The largest absolute Gasteiger partial charge is 0.268 e. The molecule has 0 atom stereocenters. The third-order valence-corrected chi connectivity index (χ3v) is 4.58. The number of halogens is 4. The third kappa shape index (κ3) is 3.61. The van der Waals surface area contributed by atoms with E-state index in [4.69, 9.17) is 34.8 Å². The molecule has 12 heteroatoms. The molecule has 0 aliphatic heterocycles. The normalized spacial score (nSPS) is 11.7. The summed E-state index contributed by atoms with van der Waals surface area (Å²) in [6.45, 7) is 0. The zero-order valence-corrected chi connectivity index (χ0v) is 15.9. The first-order valence-corrected chi connectivity index (χ1v) is 9.80. The molecule has 3 rings (SSSR count). The molecule has 1 amide bonds.